The van der Waals surface area contributed by atoms with Crippen molar-refractivity contribution in [3.63, 3.8) is 0 Å². The number of thiazole rings is 1. The summed E-state index contributed by atoms with van der Waals surface area (Å²) in [6, 6.07) is 12.7. The van der Waals surface area contributed by atoms with Crippen LogP contribution in [0.5, 0.6) is 5.19 Å². The molecular formula is C23H21N3O4S. The monoisotopic (exact) mass is 435 g/mol. The third-order valence-corrected chi connectivity index (χ3v) is 6.75. The molecule has 5 rings (SSSR count). The average Bonchev–Trinajstić information content (AvgIpc) is 3.30. The highest BCUT2D eigenvalue weighted by molar-refractivity contribution is 7.20. The number of piperidine rings is 1. The standard InChI is InChI=1S/C23H21N3O4S/c1-14-5-4-8-18-20(14)24-23(31-18)30-15-9-11-25(12-10-15)19(27)13-26-21(28)16-6-2-3-7-17(16)22(26)29/h2-8,15H,9-13H2,1H3. The zero-order chi connectivity index (χ0) is 21.5. The number of carbonyl (C=O) groups is 3. The number of aromatic nitrogens is 1. The minimum absolute atomic E-state index is 0.00998. The molecule has 2 aromatic carbocycles. The number of carbonyl (C=O) groups excluding carboxylic acids is 3. The second-order valence-corrected chi connectivity index (χ2v) is 8.83. The van der Waals surface area contributed by atoms with Gasteiger partial charge in [-0.25, -0.2) is 4.98 Å². The largest absolute Gasteiger partial charge is 0.467 e. The molecule has 7 nitrogen and oxygen atoms in total. The molecule has 158 valence electrons. The molecule has 2 aliphatic rings. The number of imide groups is 1. The Morgan fingerprint density at radius 2 is 1.74 bits per heavy atom. The zero-order valence-corrected chi connectivity index (χ0v) is 17.9. The topological polar surface area (TPSA) is 79.8 Å². The summed E-state index contributed by atoms with van der Waals surface area (Å²) in [4.78, 5) is 45.1. The molecule has 3 aromatic rings. The number of amides is 3. The van der Waals surface area contributed by atoms with Crippen LogP contribution in [0.4, 0.5) is 0 Å². The lowest BCUT2D eigenvalue weighted by atomic mass is 10.1. The molecule has 0 unspecified atom stereocenters. The molecule has 3 heterocycles. The van der Waals surface area contributed by atoms with Gasteiger partial charge in [-0.1, -0.05) is 35.6 Å². The van der Waals surface area contributed by atoms with Crippen molar-refractivity contribution in [1.82, 2.24) is 14.8 Å². The van der Waals surface area contributed by atoms with Gasteiger partial charge in [0.05, 0.1) is 21.3 Å². The summed E-state index contributed by atoms with van der Waals surface area (Å²) in [6.45, 7) is 2.85. The highest BCUT2D eigenvalue weighted by Gasteiger charge is 2.37. The Morgan fingerprint density at radius 1 is 1.06 bits per heavy atom. The molecule has 3 amide bonds. The van der Waals surface area contributed by atoms with E-state index in [1.807, 2.05) is 25.1 Å². The highest BCUT2D eigenvalue weighted by Crippen LogP contribution is 2.31. The van der Waals surface area contributed by atoms with Crippen molar-refractivity contribution >= 4 is 39.3 Å². The Balaban J connectivity index is 1.18. The van der Waals surface area contributed by atoms with Gasteiger partial charge in [0, 0.05) is 25.9 Å². The normalized spacial score (nSPS) is 16.8. The van der Waals surface area contributed by atoms with E-state index in [4.69, 9.17) is 4.74 Å². The van der Waals surface area contributed by atoms with Crippen LogP contribution in [0.2, 0.25) is 0 Å². The van der Waals surface area contributed by atoms with Gasteiger partial charge in [0.25, 0.3) is 17.0 Å². The Kier molecular flexibility index (Phi) is 4.94. The SMILES string of the molecule is Cc1cccc2sc(OC3CCN(C(=O)CN4C(=O)c5ccccc5C4=O)CC3)nc12. The fourth-order valence-corrected chi connectivity index (χ4v) is 5.06. The van der Waals surface area contributed by atoms with Crippen molar-refractivity contribution in [3.05, 3.63) is 59.2 Å². The van der Waals surface area contributed by atoms with Crippen LogP contribution >= 0.6 is 11.3 Å². The van der Waals surface area contributed by atoms with Crippen molar-refractivity contribution in [3.8, 4) is 5.19 Å². The molecule has 1 aromatic heterocycles. The molecule has 0 N–H and O–H groups in total. The summed E-state index contributed by atoms with van der Waals surface area (Å²) in [5, 5.41) is 0.653. The summed E-state index contributed by atoms with van der Waals surface area (Å²) < 4.78 is 7.18. The van der Waals surface area contributed by atoms with Gasteiger partial charge in [0.2, 0.25) is 5.91 Å². The maximum absolute atomic E-state index is 12.7. The maximum atomic E-state index is 12.7. The van der Waals surface area contributed by atoms with E-state index in [-0.39, 0.29) is 18.6 Å². The molecule has 1 saturated heterocycles. The number of para-hydroxylation sites is 1. The minimum Gasteiger partial charge on any atom is -0.467 e. The molecular weight excluding hydrogens is 414 g/mol. The molecule has 0 spiro atoms. The maximum Gasteiger partial charge on any atom is 0.274 e. The van der Waals surface area contributed by atoms with Gasteiger partial charge in [-0.05, 0) is 30.7 Å². The number of rotatable bonds is 4. The first-order valence-electron chi connectivity index (χ1n) is 10.3. The number of hydrogen-bond acceptors (Lipinski definition) is 6. The molecule has 0 bridgehead atoms. The van der Waals surface area contributed by atoms with Gasteiger partial charge < -0.3 is 9.64 Å². The molecule has 0 atom stereocenters. The minimum atomic E-state index is -0.404. The van der Waals surface area contributed by atoms with Gasteiger partial charge in [-0.3, -0.25) is 19.3 Å². The number of aryl methyl sites for hydroxylation is 1. The molecule has 0 saturated carbocycles. The number of fused-ring (bicyclic) bond motifs is 2. The lowest BCUT2D eigenvalue weighted by molar-refractivity contribution is -0.133. The first kappa shape index (κ1) is 19.7. The third-order valence-electron chi connectivity index (χ3n) is 5.83. The Hall–Kier alpha value is -3.26. The Bertz CT molecular complexity index is 1160. The van der Waals surface area contributed by atoms with E-state index in [1.54, 1.807) is 29.2 Å². The van der Waals surface area contributed by atoms with Crippen molar-refractivity contribution < 1.29 is 19.1 Å². The molecule has 0 radical (unpaired) electrons. The van der Waals surface area contributed by atoms with Crippen LogP contribution in [0.15, 0.2) is 42.5 Å². The second kappa shape index (κ2) is 7.77. The van der Waals surface area contributed by atoms with Crippen LogP contribution in [-0.2, 0) is 4.79 Å². The fourth-order valence-electron chi connectivity index (χ4n) is 4.10. The van der Waals surface area contributed by atoms with Gasteiger partial charge in [-0.15, -0.1) is 0 Å². The number of benzene rings is 2. The van der Waals surface area contributed by atoms with Crippen molar-refractivity contribution in [2.24, 2.45) is 0 Å². The van der Waals surface area contributed by atoms with Gasteiger partial charge in [-0.2, -0.15) is 0 Å². The van der Waals surface area contributed by atoms with Crippen molar-refractivity contribution in [1.29, 1.82) is 0 Å². The Morgan fingerprint density at radius 3 is 2.39 bits per heavy atom. The van der Waals surface area contributed by atoms with Crippen LogP contribution in [0, 0.1) is 6.92 Å². The smallest absolute Gasteiger partial charge is 0.274 e. The van der Waals surface area contributed by atoms with Gasteiger partial charge >= 0.3 is 0 Å². The first-order valence-corrected chi connectivity index (χ1v) is 11.1. The summed E-state index contributed by atoms with van der Waals surface area (Å²) in [5.74, 6) is -1.03. The predicted molar refractivity (Wildman–Crippen MR) is 116 cm³/mol. The lowest BCUT2D eigenvalue weighted by Gasteiger charge is -2.32. The van der Waals surface area contributed by atoms with Crippen LogP contribution in [-0.4, -0.2) is 58.2 Å². The highest BCUT2D eigenvalue weighted by atomic mass is 32.1. The summed E-state index contributed by atoms with van der Waals surface area (Å²) in [6.07, 6.45) is 1.36. The average molecular weight is 436 g/mol. The lowest BCUT2D eigenvalue weighted by Crippen LogP contribution is -2.47. The predicted octanol–water partition coefficient (Wildman–Crippen LogP) is 3.27. The summed E-state index contributed by atoms with van der Waals surface area (Å²) in [7, 11) is 0. The van der Waals surface area contributed by atoms with Crippen LogP contribution < -0.4 is 4.74 Å². The van der Waals surface area contributed by atoms with Crippen LogP contribution in [0.3, 0.4) is 0 Å². The molecule has 2 aliphatic heterocycles. The van der Waals surface area contributed by atoms with E-state index in [9.17, 15) is 14.4 Å². The van der Waals surface area contributed by atoms with E-state index in [1.165, 1.54) is 11.3 Å². The molecule has 0 aliphatic carbocycles. The van der Waals surface area contributed by atoms with E-state index in [0.717, 1.165) is 20.7 Å². The van der Waals surface area contributed by atoms with Crippen LogP contribution in [0.1, 0.15) is 39.1 Å². The molecule has 31 heavy (non-hydrogen) atoms. The molecule has 1 fully saturated rings. The summed E-state index contributed by atoms with van der Waals surface area (Å²) >= 11 is 1.53. The second-order valence-electron chi connectivity index (χ2n) is 7.84. The number of likely N-dealkylation sites (tertiary alicyclic amines) is 1. The number of ether oxygens (including phenoxy) is 1. The fraction of sp³-hybridized carbons (Fsp3) is 0.304. The zero-order valence-electron chi connectivity index (χ0n) is 17.0. The Labute approximate surface area is 183 Å². The summed E-state index contributed by atoms with van der Waals surface area (Å²) in [5.41, 5.74) is 2.81. The number of hydrogen-bond donors (Lipinski definition) is 0. The molecule has 8 heteroatoms. The first-order chi connectivity index (χ1) is 15.0. The van der Waals surface area contributed by atoms with Crippen molar-refractivity contribution in [2.75, 3.05) is 19.6 Å². The van der Waals surface area contributed by atoms with Gasteiger partial charge in [0.15, 0.2) is 0 Å². The van der Waals surface area contributed by atoms with E-state index >= 15 is 0 Å². The number of nitrogens with zero attached hydrogens (tertiary/aromatic N) is 3. The van der Waals surface area contributed by atoms with E-state index in [0.29, 0.717) is 42.3 Å². The third kappa shape index (κ3) is 3.57. The van der Waals surface area contributed by atoms with Crippen LogP contribution in [0.25, 0.3) is 10.2 Å². The van der Waals surface area contributed by atoms with Gasteiger partial charge in [0.1, 0.15) is 12.6 Å². The van der Waals surface area contributed by atoms with E-state index < -0.39 is 11.8 Å². The quantitative estimate of drug-likeness (QED) is 0.588. The van der Waals surface area contributed by atoms with E-state index in [2.05, 4.69) is 4.98 Å². The van der Waals surface area contributed by atoms with Crippen molar-refractivity contribution in [2.45, 2.75) is 25.9 Å².